The lowest BCUT2D eigenvalue weighted by atomic mass is 10.1. The maximum Gasteiger partial charge on any atom is 0.341 e. The maximum atomic E-state index is 11.9. The number of aliphatic imine (C=N–C) groups is 1. The van der Waals surface area contributed by atoms with Gasteiger partial charge in [0.05, 0.1) is 21.3 Å². The molecule has 0 spiro atoms. The largest absolute Gasteiger partial charge is 0.497 e. The van der Waals surface area contributed by atoms with Crippen LogP contribution in [0.25, 0.3) is 0 Å². The summed E-state index contributed by atoms with van der Waals surface area (Å²) < 4.78 is 15.2. The summed E-state index contributed by atoms with van der Waals surface area (Å²) in [5, 5.41) is 7.14. The second-order valence-electron chi connectivity index (χ2n) is 6.09. The number of esters is 1. The van der Waals surface area contributed by atoms with Gasteiger partial charge in [-0.1, -0.05) is 23.7 Å². The summed E-state index contributed by atoms with van der Waals surface area (Å²) in [5.41, 5.74) is 2.30. The molecule has 2 aromatic rings. The number of rotatable bonds is 8. The van der Waals surface area contributed by atoms with Crippen molar-refractivity contribution in [2.45, 2.75) is 13.0 Å². The van der Waals surface area contributed by atoms with Crippen molar-refractivity contribution in [2.75, 3.05) is 34.9 Å². The molecule has 0 unspecified atom stereocenters. The highest BCUT2D eigenvalue weighted by Crippen LogP contribution is 2.22. The lowest BCUT2D eigenvalue weighted by molar-refractivity contribution is 0.0597. The molecule has 0 bridgehead atoms. The Labute approximate surface area is 176 Å². The van der Waals surface area contributed by atoms with E-state index in [2.05, 4.69) is 15.6 Å². The monoisotopic (exact) mass is 419 g/mol. The van der Waals surface area contributed by atoms with Crippen LogP contribution in [0.5, 0.6) is 11.5 Å². The van der Waals surface area contributed by atoms with Crippen molar-refractivity contribution in [1.82, 2.24) is 10.6 Å². The first-order chi connectivity index (χ1) is 14.0. The van der Waals surface area contributed by atoms with Gasteiger partial charge >= 0.3 is 5.97 Å². The minimum atomic E-state index is -0.442. The van der Waals surface area contributed by atoms with Crippen molar-refractivity contribution < 1.29 is 19.0 Å². The zero-order chi connectivity index (χ0) is 21.2. The SMILES string of the molecule is CN=C(NCCc1ccc(OC)cc1Cl)NCc1ccc(OC)c(C(=O)OC)c1. The summed E-state index contributed by atoms with van der Waals surface area (Å²) in [7, 11) is 6.16. The minimum Gasteiger partial charge on any atom is -0.497 e. The highest BCUT2D eigenvalue weighted by atomic mass is 35.5. The number of nitrogens with zero attached hydrogens (tertiary/aromatic N) is 1. The predicted octanol–water partition coefficient (Wildman–Crippen LogP) is 3.05. The number of halogens is 1. The highest BCUT2D eigenvalue weighted by molar-refractivity contribution is 6.31. The molecule has 0 aromatic heterocycles. The van der Waals surface area contributed by atoms with Crippen LogP contribution in [0.1, 0.15) is 21.5 Å². The van der Waals surface area contributed by atoms with Gasteiger partial charge in [-0.25, -0.2) is 4.79 Å². The third-order valence-electron chi connectivity index (χ3n) is 4.30. The first-order valence-corrected chi connectivity index (χ1v) is 9.42. The molecule has 2 rings (SSSR count). The lowest BCUT2D eigenvalue weighted by Crippen LogP contribution is -2.37. The fourth-order valence-electron chi connectivity index (χ4n) is 2.71. The molecule has 0 aliphatic carbocycles. The third kappa shape index (κ3) is 6.29. The van der Waals surface area contributed by atoms with Gasteiger partial charge in [0, 0.05) is 25.2 Å². The molecular weight excluding hydrogens is 394 g/mol. The van der Waals surface area contributed by atoms with Crippen LogP contribution in [0, 0.1) is 0 Å². The number of carbonyl (C=O) groups is 1. The highest BCUT2D eigenvalue weighted by Gasteiger charge is 2.13. The van der Waals surface area contributed by atoms with E-state index in [1.165, 1.54) is 14.2 Å². The van der Waals surface area contributed by atoms with E-state index in [0.717, 1.165) is 23.3 Å². The smallest absolute Gasteiger partial charge is 0.341 e. The molecule has 2 aromatic carbocycles. The van der Waals surface area contributed by atoms with Crippen molar-refractivity contribution in [3.63, 3.8) is 0 Å². The van der Waals surface area contributed by atoms with E-state index in [1.54, 1.807) is 32.4 Å². The summed E-state index contributed by atoms with van der Waals surface area (Å²) in [4.78, 5) is 16.1. The van der Waals surface area contributed by atoms with Crippen LogP contribution >= 0.6 is 11.6 Å². The Hall–Kier alpha value is -2.93. The van der Waals surface area contributed by atoms with E-state index >= 15 is 0 Å². The molecule has 0 radical (unpaired) electrons. The molecule has 8 heteroatoms. The average molecular weight is 420 g/mol. The molecule has 0 saturated carbocycles. The van der Waals surface area contributed by atoms with Crippen LogP contribution in [-0.2, 0) is 17.7 Å². The molecule has 156 valence electrons. The van der Waals surface area contributed by atoms with Gasteiger partial charge in [0.1, 0.15) is 17.1 Å². The summed E-state index contributed by atoms with van der Waals surface area (Å²) in [6, 6.07) is 11.0. The Bertz CT molecular complexity index is 871. The van der Waals surface area contributed by atoms with Gasteiger partial charge < -0.3 is 24.8 Å². The van der Waals surface area contributed by atoms with Gasteiger partial charge in [-0.3, -0.25) is 4.99 Å². The molecule has 7 nitrogen and oxygen atoms in total. The Morgan fingerprint density at radius 2 is 1.86 bits per heavy atom. The Morgan fingerprint density at radius 1 is 1.07 bits per heavy atom. The van der Waals surface area contributed by atoms with Crippen LogP contribution in [0.15, 0.2) is 41.4 Å². The lowest BCUT2D eigenvalue weighted by Gasteiger charge is -2.14. The number of benzene rings is 2. The van der Waals surface area contributed by atoms with Crippen molar-refractivity contribution in [3.8, 4) is 11.5 Å². The van der Waals surface area contributed by atoms with Crippen molar-refractivity contribution in [2.24, 2.45) is 4.99 Å². The molecule has 29 heavy (non-hydrogen) atoms. The second kappa shape index (κ2) is 11.2. The fraction of sp³-hybridized carbons (Fsp3) is 0.333. The number of guanidine groups is 1. The Kier molecular flexibility index (Phi) is 8.61. The normalized spacial score (nSPS) is 11.0. The zero-order valence-electron chi connectivity index (χ0n) is 17.0. The summed E-state index contributed by atoms with van der Waals surface area (Å²) in [6.45, 7) is 1.14. The Morgan fingerprint density at radius 3 is 2.48 bits per heavy atom. The van der Waals surface area contributed by atoms with E-state index in [1.807, 2.05) is 18.2 Å². The molecule has 0 amide bonds. The quantitative estimate of drug-likeness (QED) is 0.389. The summed E-state index contributed by atoms with van der Waals surface area (Å²) in [6.07, 6.45) is 0.735. The molecule has 0 fully saturated rings. The average Bonchev–Trinajstić information content (AvgIpc) is 2.76. The van der Waals surface area contributed by atoms with Crippen LogP contribution < -0.4 is 20.1 Å². The maximum absolute atomic E-state index is 11.9. The van der Waals surface area contributed by atoms with E-state index in [-0.39, 0.29) is 0 Å². The number of hydrogen-bond donors (Lipinski definition) is 2. The molecule has 0 saturated heterocycles. The number of nitrogens with one attached hydrogen (secondary N) is 2. The standard InChI is InChI=1S/C21H26ClN3O4/c1-23-21(24-10-9-15-6-7-16(27-2)12-18(15)22)25-13-14-5-8-19(28-3)17(11-14)20(26)29-4/h5-8,11-12H,9-10,13H2,1-4H3,(H2,23,24,25). The first kappa shape index (κ1) is 22.4. The first-order valence-electron chi connectivity index (χ1n) is 9.04. The van der Waals surface area contributed by atoms with Gasteiger partial charge in [-0.05, 0) is 41.8 Å². The molecular formula is C21H26ClN3O4. The van der Waals surface area contributed by atoms with Crippen LogP contribution in [-0.4, -0.2) is 46.9 Å². The number of methoxy groups -OCH3 is 3. The third-order valence-corrected chi connectivity index (χ3v) is 4.65. The van der Waals surface area contributed by atoms with Gasteiger partial charge in [0.25, 0.3) is 0 Å². The van der Waals surface area contributed by atoms with Crippen molar-refractivity contribution in [3.05, 3.63) is 58.1 Å². The van der Waals surface area contributed by atoms with Gasteiger partial charge in [0.2, 0.25) is 0 Å². The van der Waals surface area contributed by atoms with E-state index in [0.29, 0.717) is 35.4 Å². The summed E-state index contributed by atoms with van der Waals surface area (Å²) >= 11 is 6.27. The van der Waals surface area contributed by atoms with E-state index < -0.39 is 5.97 Å². The second-order valence-corrected chi connectivity index (χ2v) is 6.49. The number of hydrogen-bond acceptors (Lipinski definition) is 5. The topological polar surface area (TPSA) is 81.2 Å². The van der Waals surface area contributed by atoms with Crippen LogP contribution in [0.2, 0.25) is 5.02 Å². The molecule has 0 aliphatic heterocycles. The zero-order valence-corrected chi connectivity index (χ0v) is 17.8. The van der Waals surface area contributed by atoms with Gasteiger partial charge in [-0.15, -0.1) is 0 Å². The number of carbonyl (C=O) groups excluding carboxylic acids is 1. The van der Waals surface area contributed by atoms with Crippen molar-refractivity contribution in [1.29, 1.82) is 0 Å². The van der Waals surface area contributed by atoms with E-state index in [9.17, 15) is 4.79 Å². The van der Waals surface area contributed by atoms with E-state index in [4.69, 9.17) is 25.8 Å². The molecule has 0 atom stereocenters. The van der Waals surface area contributed by atoms with Crippen molar-refractivity contribution >= 4 is 23.5 Å². The van der Waals surface area contributed by atoms with Gasteiger partial charge in [0.15, 0.2) is 5.96 Å². The predicted molar refractivity (Wildman–Crippen MR) is 114 cm³/mol. The van der Waals surface area contributed by atoms with Crippen LogP contribution in [0.3, 0.4) is 0 Å². The molecule has 0 heterocycles. The Balaban J connectivity index is 1.91. The minimum absolute atomic E-state index is 0.381. The van der Waals surface area contributed by atoms with Crippen LogP contribution in [0.4, 0.5) is 0 Å². The van der Waals surface area contributed by atoms with Gasteiger partial charge in [-0.2, -0.15) is 0 Å². The molecule has 2 N–H and O–H groups in total. The molecule has 0 aliphatic rings. The summed E-state index contributed by atoms with van der Waals surface area (Å²) in [5.74, 6) is 1.40. The fourth-order valence-corrected chi connectivity index (χ4v) is 2.98. The number of ether oxygens (including phenoxy) is 3.